The molecule has 0 aliphatic carbocycles. The highest BCUT2D eigenvalue weighted by Gasteiger charge is 2.20. The molecule has 0 aliphatic heterocycles. The second kappa shape index (κ2) is 9.08. The topological polar surface area (TPSA) is 65.4 Å². The van der Waals surface area contributed by atoms with Gasteiger partial charge >= 0.3 is 0 Å². The average Bonchev–Trinajstić information content (AvgIpc) is 3.16. The SMILES string of the molecule is COc1ccc(CCC(=O)NC(c2ccc(OC)cc2)c2nccn2C)cc1. The van der Waals surface area contributed by atoms with E-state index in [9.17, 15) is 4.79 Å². The van der Waals surface area contributed by atoms with Crippen molar-refractivity contribution in [3.8, 4) is 11.5 Å². The Morgan fingerprint density at radius 2 is 1.64 bits per heavy atom. The number of ether oxygens (including phenoxy) is 2. The predicted octanol–water partition coefficient (Wildman–Crippen LogP) is 3.28. The molecule has 6 heteroatoms. The van der Waals surface area contributed by atoms with Gasteiger partial charge in [0.25, 0.3) is 0 Å². The standard InChI is InChI=1S/C22H25N3O3/c1-25-15-14-23-22(25)21(17-7-11-19(28-3)12-8-17)24-20(26)13-6-16-4-9-18(27-2)10-5-16/h4-5,7-12,14-15,21H,6,13H2,1-3H3,(H,24,26). The highest BCUT2D eigenvalue weighted by molar-refractivity contribution is 5.77. The number of aryl methyl sites for hydroxylation is 2. The number of imidazole rings is 1. The molecule has 0 spiro atoms. The van der Waals surface area contributed by atoms with E-state index in [1.165, 1.54) is 0 Å². The van der Waals surface area contributed by atoms with Crippen molar-refractivity contribution in [2.45, 2.75) is 18.9 Å². The molecule has 0 saturated carbocycles. The molecule has 1 amide bonds. The minimum Gasteiger partial charge on any atom is -0.497 e. The van der Waals surface area contributed by atoms with Gasteiger partial charge in [-0.1, -0.05) is 24.3 Å². The zero-order chi connectivity index (χ0) is 19.9. The van der Waals surface area contributed by atoms with E-state index in [1.807, 2.05) is 66.3 Å². The molecule has 1 heterocycles. The number of aromatic nitrogens is 2. The molecule has 0 radical (unpaired) electrons. The fourth-order valence-corrected chi connectivity index (χ4v) is 3.03. The van der Waals surface area contributed by atoms with E-state index in [0.717, 1.165) is 28.5 Å². The summed E-state index contributed by atoms with van der Waals surface area (Å²) in [4.78, 5) is 17.1. The van der Waals surface area contributed by atoms with Crippen molar-refractivity contribution >= 4 is 5.91 Å². The molecule has 1 atom stereocenters. The molecular weight excluding hydrogens is 354 g/mol. The van der Waals surface area contributed by atoms with Gasteiger partial charge < -0.3 is 19.4 Å². The van der Waals surface area contributed by atoms with Crippen molar-refractivity contribution in [1.29, 1.82) is 0 Å². The Hall–Kier alpha value is -3.28. The third-order valence-electron chi connectivity index (χ3n) is 4.67. The summed E-state index contributed by atoms with van der Waals surface area (Å²) >= 11 is 0. The van der Waals surface area contributed by atoms with Crippen LogP contribution in [0.2, 0.25) is 0 Å². The van der Waals surface area contributed by atoms with Gasteiger partial charge in [-0.2, -0.15) is 0 Å². The molecule has 0 fully saturated rings. The third kappa shape index (κ3) is 4.71. The van der Waals surface area contributed by atoms with Gasteiger partial charge in [-0.25, -0.2) is 4.98 Å². The number of carbonyl (C=O) groups is 1. The van der Waals surface area contributed by atoms with Crippen molar-refractivity contribution in [1.82, 2.24) is 14.9 Å². The van der Waals surface area contributed by atoms with E-state index in [0.29, 0.717) is 12.8 Å². The van der Waals surface area contributed by atoms with E-state index in [1.54, 1.807) is 20.4 Å². The van der Waals surface area contributed by atoms with Gasteiger partial charge in [0.15, 0.2) is 0 Å². The summed E-state index contributed by atoms with van der Waals surface area (Å²) in [5, 5.41) is 3.12. The van der Waals surface area contributed by atoms with Crippen LogP contribution in [0.1, 0.15) is 29.4 Å². The van der Waals surface area contributed by atoms with Crippen LogP contribution in [0.5, 0.6) is 11.5 Å². The van der Waals surface area contributed by atoms with Crippen molar-refractivity contribution in [3.05, 3.63) is 77.9 Å². The van der Waals surface area contributed by atoms with Crippen LogP contribution in [0.3, 0.4) is 0 Å². The molecule has 0 aliphatic rings. The minimum atomic E-state index is -0.325. The Kier molecular flexibility index (Phi) is 6.32. The normalized spacial score (nSPS) is 11.7. The summed E-state index contributed by atoms with van der Waals surface area (Å²) in [6.07, 6.45) is 4.65. The van der Waals surface area contributed by atoms with Crippen molar-refractivity contribution in [2.24, 2.45) is 7.05 Å². The number of rotatable bonds is 8. The first-order valence-electron chi connectivity index (χ1n) is 9.14. The number of methoxy groups -OCH3 is 2. The molecule has 2 aromatic carbocycles. The van der Waals surface area contributed by atoms with Gasteiger partial charge in [-0.3, -0.25) is 4.79 Å². The van der Waals surface area contributed by atoms with Crippen LogP contribution < -0.4 is 14.8 Å². The smallest absolute Gasteiger partial charge is 0.221 e. The van der Waals surface area contributed by atoms with Crippen LogP contribution in [0.25, 0.3) is 0 Å². The maximum absolute atomic E-state index is 12.7. The molecule has 0 saturated heterocycles. The highest BCUT2D eigenvalue weighted by atomic mass is 16.5. The quantitative estimate of drug-likeness (QED) is 0.652. The van der Waals surface area contributed by atoms with Gasteiger partial charge in [0, 0.05) is 25.9 Å². The number of benzene rings is 2. The summed E-state index contributed by atoms with van der Waals surface area (Å²) in [5.41, 5.74) is 2.04. The van der Waals surface area contributed by atoms with E-state index in [4.69, 9.17) is 9.47 Å². The molecule has 1 aromatic heterocycles. The van der Waals surface area contributed by atoms with E-state index < -0.39 is 0 Å². The highest BCUT2D eigenvalue weighted by Crippen LogP contribution is 2.23. The largest absolute Gasteiger partial charge is 0.497 e. The van der Waals surface area contributed by atoms with Crippen LogP contribution >= 0.6 is 0 Å². The zero-order valence-electron chi connectivity index (χ0n) is 16.4. The Morgan fingerprint density at radius 3 is 2.18 bits per heavy atom. The zero-order valence-corrected chi connectivity index (χ0v) is 16.4. The first-order chi connectivity index (χ1) is 13.6. The van der Waals surface area contributed by atoms with E-state index in [2.05, 4.69) is 10.3 Å². The molecule has 0 bridgehead atoms. The Bertz CT molecular complexity index is 902. The Balaban J connectivity index is 1.71. The lowest BCUT2D eigenvalue weighted by molar-refractivity contribution is -0.121. The summed E-state index contributed by atoms with van der Waals surface area (Å²) in [7, 11) is 5.19. The lowest BCUT2D eigenvalue weighted by Gasteiger charge is -2.19. The number of hydrogen-bond donors (Lipinski definition) is 1. The summed E-state index contributed by atoms with van der Waals surface area (Å²) in [6.45, 7) is 0. The van der Waals surface area contributed by atoms with Gasteiger partial charge in [0.1, 0.15) is 23.4 Å². The van der Waals surface area contributed by atoms with Gasteiger partial charge in [-0.15, -0.1) is 0 Å². The first-order valence-corrected chi connectivity index (χ1v) is 9.14. The second-order valence-electron chi connectivity index (χ2n) is 6.52. The van der Waals surface area contributed by atoms with Gasteiger partial charge in [-0.05, 0) is 41.8 Å². The Labute approximate surface area is 165 Å². The number of hydrogen-bond acceptors (Lipinski definition) is 4. The molecule has 3 aromatic rings. The lowest BCUT2D eigenvalue weighted by Crippen LogP contribution is -2.31. The van der Waals surface area contributed by atoms with Crippen molar-refractivity contribution < 1.29 is 14.3 Å². The third-order valence-corrected chi connectivity index (χ3v) is 4.67. The summed E-state index contributed by atoms with van der Waals surface area (Å²) < 4.78 is 12.3. The molecule has 28 heavy (non-hydrogen) atoms. The maximum atomic E-state index is 12.7. The summed E-state index contributed by atoms with van der Waals surface area (Å²) in [5.74, 6) is 2.33. The fourth-order valence-electron chi connectivity index (χ4n) is 3.03. The molecule has 1 N–H and O–H groups in total. The molecular formula is C22H25N3O3. The summed E-state index contributed by atoms with van der Waals surface area (Å²) in [6, 6.07) is 15.1. The lowest BCUT2D eigenvalue weighted by atomic mass is 10.0. The van der Waals surface area contributed by atoms with E-state index in [-0.39, 0.29) is 11.9 Å². The average molecular weight is 379 g/mol. The number of nitrogens with one attached hydrogen (secondary N) is 1. The van der Waals surface area contributed by atoms with Crippen molar-refractivity contribution in [2.75, 3.05) is 14.2 Å². The molecule has 146 valence electrons. The van der Waals surface area contributed by atoms with Gasteiger partial charge in [0.2, 0.25) is 5.91 Å². The Morgan fingerprint density at radius 1 is 1.04 bits per heavy atom. The van der Waals surface area contributed by atoms with Crippen LogP contribution in [0.15, 0.2) is 60.9 Å². The van der Waals surface area contributed by atoms with E-state index >= 15 is 0 Å². The van der Waals surface area contributed by atoms with Crippen LogP contribution in [0, 0.1) is 0 Å². The molecule has 3 rings (SSSR count). The van der Waals surface area contributed by atoms with Crippen molar-refractivity contribution in [3.63, 3.8) is 0 Å². The van der Waals surface area contributed by atoms with Crippen LogP contribution in [-0.4, -0.2) is 29.7 Å². The van der Waals surface area contributed by atoms with Gasteiger partial charge in [0.05, 0.1) is 14.2 Å². The first kappa shape index (κ1) is 19.5. The number of nitrogens with zero attached hydrogens (tertiary/aromatic N) is 2. The van der Waals surface area contributed by atoms with Crippen LogP contribution in [0.4, 0.5) is 0 Å². The molecule has 1 unspecified atom stereocenters. The molecule has 6 nitrogen and oxygen atoms in total. The predicted molar refractivity (Wildman–Crippen MR) is 108 cm³/mol. The maximum Gasteiger partial charge on any atom is 0.221 e. The monoisotopic (exact) mass is 379 g/mol. The minimum absolute atomic E-state index is 0.0281. The van der Waals surface area contributed by atoms with Crippen LogP contribution in [-0.2, 0) is 18.3 Å². The second-order valence-corrected chi connectivity index (χ2v) is 6.52. The fraction of sp³-hybridized carbons (Fsp3) is 0.273. The number of amides is 1. The number of carbonyl (C=O) groups excluding carboxylic acids is 1.